The Morgan fingerprint density at radius 1 is 1.27 bits per heavy atom. The number of aryl methyl sites for hydroxylation is 1. The van der Waals surface area contributed by atoms with Crippen molar-refractivity contribution in [3.05, 3.63) is 53.2 Å². The van der Waals surface area contributed by atoms with Crippen molar-refractivity contribution >= 4 is 11.7 Å². The van der Waals surface area contributed by atoms with E-state index in [4.69, 9.17) is 5.73 Å². The quantitative estimate of drug-likeness (QED) is 0.827. The predicted molar refractivity (Wildman–Crippen MR) is 103 cm³/mol. The molecule has 0 radical (unpaired) electrons. The van der Waals surface area contributed by atoms with Gasteiger partial charge in [0.25, 0.3) is 0 Å². The lowest BCUT2D eigenvalue weighted by Crippen LogP contribution is -2.38. The van der Waals surface area contributed by atoms with E-state index < -0.39 is 0 Å². The summed E-state index contributed by atoms with van der Waals surface area (Å²) in [5, 5.41) is 11.5. The van der Waals surface area contributed by atoms with Gasteiger partial charge >= 0.3 is 0 Å². The van der Waals surface area contributed by atoms with Crippen LogP contribution in [0.5, 0.6) is 0 Å². The highest BCUT2D eigenvalue weighted by molar-refractivity contribution is 5.79. The Kier molecular flexibility index (Phi) is 5.83. The number of hydrogen-bond donors (Lipinski definition) is 2. The Morgan fingerprint density at radius 2 is 2.04 bits per heavy atom. The number of aromatic nitrogens is 2. The lowest BCUT2D eigenvalue weighted by molar-refractivity contribution is -0.121. The summed E-state index contributed by atoms with van der Waals surface area (Å²) in [6, 6.07) is 12.3. The number of amides is 1. The summed E-state index contributed by atoms with van der Waals surface area (Å²) in [7, 11) is 0. The van der Waals surface area contributed by atoms with E-state index in [0.717, 1.165) is 36.6 Å². The van der Waals surface area contributed by atoms with E-state index in [1.165, 1.54) is 5.56 Å². The maximum Gasteiger partial charge on any atom is 0.224 e. The van der Waals surface area contributed by atoms with E-state index in [2.05, 4.69) is 39.5 Å². The monoisotopic (exact) mass is 353 g/mol. The van der Waals surface area contributed by atoms with E-state index in [1.807, 2.05) is 31.2 Å². The number of anilines is 1. The van der Waals surface area contributed by atoms with E-state index in [9.17, 15) is 4.79 Å². The maximum absolute atomic E-state index is 12.4. The highest BCUT2D eigenvalue weighted by Gasteiger charge is 2.25. The molecule has 1 aromatic heterocycles. The summed E-state index contributed by atoms with van der Waals surface area (Å²) in [6.45, 7) is 6.31. The van der Waals surface area contributed by atoms with Crippen LogP contribution in [0.1, 0.15) is 36.1 Å². The zero-order chi connectivity index (χ0) is 18.5. The first-order chi connectivity index (χ1) is 12.5. The molecule has 3 N–H and O–H groups in total. The van der Waals surface area contributed by atoms with Crippen molar-refractivity contribution in [3.63, 3.8) is 0 Å². The largest absolute Gasteiger partial charge is 0.353 e. The van der Waals surface area contributed by atoms with Gasteiger partial charge in [0, 0.05) is 19.1 Å². The first kappa shape index (κ1) is 18.3. The van der Waals surface area contributed by atoms with Gasteiger partial charge in [0.2, 0.25) is 5.91 Å². The molecule has 1 aromatic carbocycles. The lowest BCUT2D eigenvalue weighted by atomic mass is 9.99. The summed E-state index contributed by atoms with van der Waals surface area (Å²) in [5.41, 5.74) is 8.84. The number of hydrogen-bond acceptors (Lipinski definition) is 5. The molecule has 3 rings (SSSR count). The third-order valence-corrected chi connectivity index (χ3v) is 4.93. The van der Waals surface area contributed by atoms with Crippen molar-refractivity contribution in [1.82, 2.24) is 15.5 Å². The number of carbonyl (C=O) groups excluding carboxylic acids is 1. The van der Waals surface area contributed by atoms with Crippen molar-refractivity contribution in [2.75, 3.05) is 24.5 Å². The molecule has 1 aliphatic heterocycles. The number of carbonyl (C=O) groups is 1. The van der Waals surface area contributed by atoms with Crippen molar-refractivity contribution < 1.29 is 4.79 Å². The maximum atomic E-state index is 12.4. The van der Waals surface area contributed by atoms with E-state index in [1.54, 1.807) is 0 Å². The average molecular weight is 353 g/mol. The summed E-state index contributed by atoms with van der Waals surface area (Å²) < 4.78 is 0. The molecule has 1 unspecified atom stereocenters. The van der Waals surface area contributed by atoms with Gasteiger partial charge in [0.1, 0.15) is 0 Å². The van der Waals surface area contributed by atoms with Crippen LogP contribution in [0.15, 0.2) is 36.4 Å². The molecule has 0 spiro atoms. The minimum atomic E-state index is 0.0615. The lowest BCUT2D eigenvalue weighted by Gasteiger charge is -2.17. The first-order valence-electron chi connectivity index (χ1n) is 9.18. The smallest absolute Gasteiger partial charge is 0.224 e. The van der Waals surface area contributed by atoms with Gasteiger partial charge in [-0.3, -0.25) is 4.79 Å². The zero-order valence-electron chi connectivity index (χ0n) is 15.5. The van der Waals surface area contributed by atoms with Crippen LogP contribution in [0.2, 0.25) is 0 Å². The van der Waals surface area contributed by atoms with Crippen LogP contribution >= 0.6 is 0 Å². The van der Waals surface area contributed by atoms with Crippen molar-refractivity contribution in [3.8, 4) is 0 Å². The van der Waals surface area contributed by atoms with Crippen molar-refractivity contribution in [2.24, 2.45) is 5.73 Å². The van der Waals surface area contributed by atoms with Crippen LogP contribution in [-0.2, 0) is 11.2 Å². The molecule has 1 fully saturated rings. The van der Waals surface area contributed by atoms with Gasteiger partial charge in [-0.15, -0.1) is 5.10 Å². The second-order valence-electron chi connectivity index (χ2n) is 7.09. The Labute approximate surface area is 154 Å². The molecule has 2 heterocycles. The summed E-state index contributed by atoms with van der Waals surface area (Å²) in [4.78, 5) is 14.5. The molecule has 2 atom stereocenters. The second-order valence-corrected chi connectivity index (χ2v) is 7.09. The molecule has 2 aromatic rings. The average Bonchev–Trinajstić information content (AvgIpc) is 3.10. The molecular weight excluding hydrogens is 326 g/mol. The molecule has 6 heteroatoms. The Bertz CT molecular complexity index is 729. The van der Waals surface area contributed by atoms with Crippen LogP contribution in [0.25, 0.3) is 0 Å². The van der Waals surface area contributed by atoms with Crippen LogP contribution < -0.4 is 16.0 Å². The minimum absolute atomic E-state index is 0.0615. The zero-order valence-corrected chi connectivity index (χ0v) is 15.5. The van der Waals surface area contributed by atoms with Crippen molar-refractivity contribution in [2.45, 2.75) is 38.6 Å². The van der Waals surface area contributed by atoms with Gasteiger partial charge in [-0.1, -0.05) is 31.2 Å². The Hall–Kier alpha value is -2.47. The highest BCUT2D eigenvalue weighted by atomic mass is 16.1. The van der Waals surface area contributed by atoms with E-state index in [0.29, 0.717) is 18.9 Å². The van der Waals surface area contributed by atoms with E-state index >= 15 is 0 Å². The summed E-state index contributed by atoms with van der Waals surface area (Å²) in [5.74, 6) is 1.27. The van der Waals surface area contributed by atoms with Gasteiger partial charge in [-0.2, -0.15) is 5.10 Å². The summed E-state index contributed by atoms with van der Waals surface area (Å²) in [6.07, 6.45) is 1.33. The van der Waals surface area contributed by atoms with Crippen LogP contribution in [0.4, 0.5) is 5.82 Å². The van der Waals surface area contributed by atoms with Gasteiger partial charge in [-0.25, -0.2) is 0 Å². The number of rotatable bonds is 6. The number of benzene rings is 1. The van der Waals surface area contributed by atoms with Crippen LogP contribution in [-0.4, -0.2) is 41.8 Å². The fourth-order valence-electron chi connectivity index (χ4n) is 3.21. The van der Waals surface area contributed by atoms with Crippen LogP contribution in [0, 0.1) is 6.92 Å². The molecule has 138 valence electrons. The van der Waals surface area contributed by atoms with Gasteiger partial charge in [0.15, 0.2) is 5.82 Å². The SMILES string of the molecule is Cc1ccc(N2CC[C@@H](NC(=O)Cc3ccc(C(C)CN)cc3)C2)nn1. The first-order valence-corrected chi connectivity index (χ1v) is 9.18. The highest BCUT2D eigenvalue weighted by Crippen LogP contribution is 2.18. The van der Waals surface area contributed by atoms with Gasteiger partial charge < -0.3 is 16.0 Å². The number of nitrogens with zero attached hydrogens (tertiary/aromatic N) is 3. The normalized spacial score (nSPS) is 18.0. The second kappa shape index (κ2) is 8.27. The molecule has 6 nitrogen and oxygen atoms in total. The fourth-order valence-corrected chi connectivity index (χ4v) is 3.21. The fraction of sp³-hybridized carbons (Fsp3) is 0.450. The Balaban J connectivity index is 1.50. The van der Waals surface area contributed by atoms with Crippen molar-refractivity contribution in [1.29, 1.82) is 0 Å². The third kappa shape index (κ3) is 4.58. The standard InChI is InChI=1S/C20H27N5O/c1-14(12-21)17-6-4-16(5-7-17)11-20(26)22-18-9-10-25(13-18)19-8-3-15(2)23-24-19/h3-8,14,18H,9-13,21H2,1-2H3,(H,22,26)/t14?,18-/m1/s1. The number of nitrogens with one attached hydrogen (secondary N) is 1. The van der Waals surface area contributed by atoms with Gasteiger partial charge in [-0.05, 0) is 49.1 Å². The molecule has 0 aliphatic carbocycles. The number of nitrogens with two attached hydrogens (primary N) is 1. The Morgan fingerprint density at radius 3 is 2.69 bits per heavy atom. The van der Waals surface area contributed by atoms with Crippen LogP contribution in [0.3, 0.4) is 0 Å². The molecule has 0 saturated carbocycles. The molecule has 0 bridgehead atoms. The third-order valence-electron chi connectivity index (χ3n) is 4.93. The molecule has 1 aliphatic rings. The topological polar surface area (TPSA) is 84.1 Å². The van der Waals surface area contributed by atoms with Gasteiger partial charge in [0.05, 0.1) is 12.1 Å². The summed E-state index contributed by atoms with van der Waals surface area (Å²) >= 11 is 0. The molecule has 1 saturated heterocycles. The predicted octanol–water partition coefficient (Wildman–Crippen LogP) is 1.78. The molecular formula is C20H27N5O. The molecule has 26 heavy (non-hydrogen) atoms. The minimum Gasteiger partial charge on any atom is -0.353 e. The molecule has 1 amide bonds. The van der Waals surface area contributed by atoms with E-state index in [-0.39, 0.29) is 11.9 Å².